The molecule has 7 nitrogen and oxygen atoms in total. The molecule has 1 aliphatic rings. The summed E-state index contributed by atoms with van der Waals surface area (Å²) in [6.45, 7) is 1.56. The van der Waals surface area contributed by atoms with Crippen LogP contribution in [0.3, 0.4) is 0 Å². The lowest BCUT2D eigenvalue weighted by Crippen LogP contribution is -2.45. The zero-order chi connectivity index (χ0) is 20.8. The van der Waals surface area contributed by atoms with E-state index in [4.69, 9.17) is 4.74 Å². The van der Waals surface area contributed by atoms with Crippen molar-refractivity contribution < 1.29 is 9.53 Å². The van der Waals surface area contributed by atoms with Crippen molar-refractivity contribution in [1.82, 2.24) is 15.0 Å². The van der Waals surface area contributed by atoms with Gasteiger partial charge in [-0.3, -0.25) is 9.78 Å². The molecule has 1 aromatic carbocycles. The van der Waals surface area contributed by atoms with E-state index in [1.165, 1.54) is 0 Å². The number of methoxy groups -OCH3 is 1. The normalized spacial score (nSPS) is 15.4. The van der Waals surface area contributed by atoms with Crippen molar-refractivity contribution in [3.8, 4) is 5.75 Å². The van der Waals surface area contributed by atoms with Crippen molar-refractivity contribution in [2.45, 2.75) is 24.7 Å². The van der Waals surface area contributed by atoms with Gasteiger partial charge in [0.15, 0.2) is 0 Å². The highest BCUT2D eigenvalue weighted by atomic mass is 16.5. The van der Waals surface area contributed by atoms with Crippen LogP contribution in [0.2, 0.25) is 0 Å². The van der Waals surface area contributed by atoms with Gasteiger partial charge >= 0.3 is 0 Å². The Kier molecular flexibility index (Phi) is 5.88. The Balaban J connectivity index is 1.57. The molecule has 3 heterocycles. The first-order valence-electron chi connectivity index (χ1n) is 10.0. The summed E-state index contributed by atoms with van der Waals surface area (Å²) in [5.41, 5.74) is 1.54. The minimum atomic E-state index is -0.286. The quantitative estimate of drug-likeness (QED) is 0.679. The molecule has 4 rings (SSSR count). The van der Waals surface area contributed by atoms with Gasteiger partial charge in [-0.2, -0.15) is 0 Å². The molecule has 0 bridgehead atoms. The summed E-state index contributed by atoms with van der Waals surface area (Å²) in [5, 5.41) is 2.98. The zero-order valence-corrected chi connectivity index (χ0v) is 17.0. The molecule has 7 heteroatoms. The largest absolute Gasteiger partial charge is 0.497 e. The lowest BCUT2D eigenvalue weighted by molar-refractivity contribution is -0.117. The van der Waals surface area contributed by atoms with Gasteiger partial charge in [0.25, 0.3) is 0 Å². The number of hydrogen-bond acceptors (Lipinski definition) is 6. The van der Waals surface area contributed by atoms with Crippen LogP contribution in [0.1, 0.15) is 24.8 Å². The number of nitrogens with one attached hydrogen (secondary N) is 1. The number of hydrogen-bond donors (Lipinski definition) is 1. The minimum absolute atomic E-state index is 0.0183. The predicted octanol–water partition coefficient (Wildman–Crippen LogP) is 3.45. The molecule has 0 saturated carbocycles. The minimum Gasteiger partial charge on any atom is -0.497 e. The number of carbonyl (C=O) groups is 1. The van der Waals surface area contributed by atoms with Gasteiger partial charge < -0.3 is 15.0 Å². The Hall–Kier alpha value is -3.48. The highest BCUT2D eigenvalue weighted by Crippen LogP contribution is 2.40. The number of ether oxygens (including phenoxy) is 1. The molecule has 1 aliphatic heterocycles. The third-order valence-electron chi connectivity index (χ3n) is 5.68. The van der Waals surface area contributed by atoms with Gasteiger partial charge in [-0.25, -0.2) is 9.97 Å². The standard InChI is InChI=1S/C23H25N5O2/c1-30-20-7-2-5-18(15-20)23(16-21(29)27-19-6-3-10-24-17-19)8-13-28(14-9-23)22-25-11-4-12-26-22/h2-7,10-12,15,17H,8-9,13-14,16H2,1H3,(H,27,29). The average Bonchev–Trinajstić information content (AvgIpc) is 2.81. The molecule has 1 fully saturated rings. The van der Waals surface area contributed by atoms with Crippen molar-refractivity contribution in [2.75, 3.05) is 30.4 Å². The van der Waals surface area contributed by atoms with Crippen molar-refractivity contribution in [1.29, 1.82) is 0 Å². The lowest BCUT2D eigenvalue weighted by atomic mass is 9.70. The number of piperidine rings is 1. The van der Waals surface area contributed by atoms with Crippen LogP contribution in [0.25, 0.3) is 0 Å². The van der Waals surface area contributed by atoms with Crippen LogP contribution < -0.4 is 15.0 Å². The SMILES string of the molecule is COc1cccc(C2(CC(=O)Nc3cccnc3)CCN(c3ncccn3)CC2)c1. The van der Waals surface area contributed by atoms with E-state index in [1.807, 2.05) is 36.4 Å². The van der Waals surface area contributed by atoms with Crippen LogP contribution >= 0.6 is 0 Å². The number of rotatable bonds is 6. The van der Waals surface area contributed by atoms with Crippen LogP contribution in [0, 0.1) is 0 Å². The van der Waals surface area contributed by atoms with Gasteiger partial charge in [-0.1, -0.05) is 12.1 Å². The second-order valence-electron chi connectivity index (χ2n) is 7.51. The molecule has 3 aromatic rings. The first-order chi connectivity index (χ1) is 14.7. The molecule has 0 atom stereocenters. The number of carbonyl (C=O) groups excluding carboxylic acids is 1. The molecule has 154 valence electrons. The van der Waals surface area contributed by atoms with E-state index in [0.29, 0.717) is 12.1 Å². The van der Waals surface area contributed by atoms with Gasteiger partial charge in [0, 0.05) is 43.5 Å². The van der Waals surface area contributed by atoms with Crippen LogP contribution in [0.5, 0.6) is 5.75 Å². The highest BCUT2D eigenvalue weighted by Gasteiger charge is 2.39. The van der Waals surface area contributed by atoms with Crippen molar-refractivity contribution >= 4 is 17.5 Å². The smallest absolute Gasteiger partial charge is 0.225 e. The van der Waals surface area contributed by atoms with Crippen molar-refractivity contribution in [2.24, 2.45) is 0 Å². The fourth-order valence-electron chi connectivity index (χ4n) is 4.06. The monoisotopic (exact) mass is 403 g/mol. The summed E-state index contributed by atoms with van der Waals surface area (Å²) in [5.74, 6) is 1.51. The number of anilines is 2. The first-order valence-corrected chi connectivity index (χ1v) is 10.0. The van der Waals surface area contributed by atoms with E-state index < -0.39 is 0 Å². The highest BCUT2D eigenvalue weighted by molar-refractivity contribution is 5.91. The summed E-state index contributed by atoms with van der Waals surface area (Å²) in [6, 6.07) is 13.5. The van der Waals surface area contributed by atoms with E-state index in [0.717, 1.165) is 43.2 Å². The Labute approximate surface area is 176 Å². The topological polar surface area (TPSA) is 80.2 Å². The zero-order valence-electron chi connectivity index (χ0n) is 17.0. The molecule has 2 aromatic heterocycles. The maximum absolute atomic E-state index is 13.0. The predicted molar refractivity (Wildman–Crippen MR) is 116 cm³/mol. The third kappa shape index (κ3) is 4.40. The molecule has 0 aliphatic carbocycles. The van der Waals surface area contributed by atoms with Crippen LogP contribution in [-0.4, -0.2) is 41.1 Å². The Morgan fingerprint density at radius 3 is 2.60 bits per heavy atom. The third-order valence-corrected chi connectivity index (χ3v) is 5.68. The lowest BCUT2D eigenvalue weighted by Gasteiger charge is -2.42. The van der Waals surface area contributed by atoms with E-state index in [-0.39, 0.29) is 11.3 Å². The summed E-state index contributed by atoms with van der Waals surface area (Å²) >= 11 is 0. The van der Waals surface area contributed by atoms with Crippen LogP contribution in [0.4, 0.5) is 11.6 Å². The first kappa shape index (κ1) is 19.8. The van der Waals surface area contributed by atoms with E-state index >= 15 is 0 Å². The summed E-state index contributed by atoms with van der Waals surface area (Å²) in [4.78, 5) is 28.0. The second-order valence-corrected chi connectivity index (χ2v) is 7.51. The maximum Gasteiger partial charge on any atom is 0.225 e. The fourth-order valence-corrected chi connectivity index (χ4v) is 4.06. The molecular formula is C23H25N5O2. The molecule has 1 amide bonds. The summed E-state index contributed by atoms with van der Waals surface area (Å²) < 4.78 is 5.44. The van der Waals surface area contributed by atoms with Gasteiger partial charge in [0.2, 0.25) is 11.9 Å². The number of pyridine rings is 1. The molecule has 1 saturated heterocycles. The second kappa shape index (κ2) is 8.90. The van der Waals surface area contributed by atoms with Crippen molar-refractivity contribution in [3.05, 3.63) is 72.8 Å². The van der Waals surface area contributed by atoms with Gasteiger partial charge in [0.05, 0.1) is 19.0 Å². The molecule has 0 spiro atoms. The summed E-state index contributed by atoms with van der Waals surface area (Å²) in [6.07, 6.45) is 8.89. The molecule has 0 radical (unpaired) electrons. The molecular weight excluding hydrogens is 378 g/mol. The Morgan fingerprint density at radius 2 is 1.90 bits per heavy atom. The molecule has 30 heavy (non-hydrogen) atoms. The van der Waals surface area contributed by atoms with Gasteiger partial charge in [-0.15, -0.1) is 0 Å². The van der Waals surface area contributed by atoms with Gasteiger partial charge in [-0.05, 0) is 48.7 Å². The number of amides is 1. The van der Waals surface area contributed by atoms with E-state index in [2.05, 4.69) is 31.2 Å². The average molecular weight is 403 g/mol. The number of benzene rings is 1. The van der Waals surface area contributed by atoms with Crippen LogP contribution in [0.15, 0.2) is 67.3 Å². The van der Waals surface area contributed by atoms with Crippen molar-refractivity contribution in [3.63, 3.8) is 0 Å². The fraction of sp³-hybridized carbons (Fsp3) is 0.304. The number of aromatic nitrogens is 3. The Bertz CT molecular complexity index is 973. The number of nitrogens with zero attached hydrogens (tertiary/aromatic N) is 4. The van der Waals surface area contributed by atoms with Gasteiger partial charge in [0.1, 0.15) is 5.75 Å². The van der Waals surface area contributed by atoms with E-state index in [9.17, 15) is 4.79 Å². The Morgan fingerprint density at radius 1 is 1.10 bits per heavy atom. The van der Waals surface area contributed by atoms with E-state index in [1.54, 1.807) is 31.9 Å². The molecule has 0 unspecified atom stereocenters. The molecule has 1 N–H and O–H groups in total. The summed E-state index contributed by atoms with van der Waals surface area (Å²) in [7, 11) is 1.66. The maximum atomic E-state index is 13.0. The van der Waals surface area contributed by atoms with Crippen LogP contribution in [-0.2, 0) is 10.2 Å².